The molecule has 5 heteroatoms. The van der Waals surface area contributed by atoms with Crippen LogP contribution < -0.4 is 4.74 Å². The Balaban J connectivity index is 2.38. The summed E-state index contributed by atoms with van der Waals surface area (Å²) in [7, 11) is 1.65. The standard InChI is InChI=1S/C15H11Cl2NOS/c1-8-18-15-13(20-8)6-5-12(19-2)14(15)10-4-3-9(16)7-11(10)17/h3-7H,1-2H3. The van der Waals surface area contributed by atoms with Crippen molar-refractivity contribution in [3.8, 4) is 16.9 Å². The molecule has 0 unspecified atom stereocenters. The lowest BCUT2D eigenvalue weighted by atomic mass is 10.0. The van der Waals surface area contributed by atoms with E-state index in [1.807, 2.05) is 31.2 Å². The molecule has 20 heavy (non-hydrogen) atoms. The number of hydrogen-bond donors (Lipinski definition) is 0. The second kappa shape index (κ2) is 5.24. The molecule has 0 atom stereocenters. The van der Waals surface area contributed by atoms with Gasteiger partial charge in [0.1, 0.15) is 5.75 Å². The van der Waals surface area contributed by atoms with E-state index in [-0.39, 0.29) is 0 Å². The molecule has 2 aromatic carbocycles. The zero-order chi connectivity index (χ0) is 14.3. The van der Waals surface area contributed by atoms with Gasteiger partial charge < -0.3 is 4.74 Å². The van der Waals surface area contributed by atoms with Crippen LogP contribution in [0.4, 0.5) is 0 Å². The van der Waals surface area contributed by atoms with E-state index >= 15 is 0 Å². The average molecular weight is 324 g/mol. The summed E-state index contributed by atoms with van der Waals surface area (Å²) in [6.07, 6.45) is 0. The second-order valence-corrected chi connectivity index (χ2v) is 6.43. The molecule has 3 aromatic rings. The van der Waals surface area contributed by atoms with Crippen molar-refractivity contribution in [1.82, 2.24) is 4.98 Å². The number of nitrogens with zero attached hydrogens (tertiary/aromatic N) is 1. The lowest BCUT2D eigenvalue weighted by molar-refractivity contribution is 0.417. The van der Waals surface area contributed by atoms with Crippen LogP contribution >= 0.6 is 34.5 Å². The smallest absolute Gasteiger partial charge is 0.129 e. The molecule has 0 N–H and O–H groups in total. The summed E-state index contributed by atoms with van der Waals surface area (Å²) in [6, 6.07) is 9.42. The summed E-state index contributed by atoms with van der Waals surface area (Å²) < 4.78 is 6.59. The highest BCUT2D eigenvalue weighted by Gasteiger charge is 2.16. The van der Waals surface area contributed by atoms with E-state index in [4.69, 9.17) is 27.9 Å². The number of hydrogen-bond acceptors (Lipinski definition) is 3. The summed E-state index contributed by atoms with van der Waals surface area (Å²) in [5, 5.41) is 2.22. The predicted octanol–water partition coefficient (Wildman–Crippen LogP) is 5.59. The topological polar surface area (TPSA) is 22.1 Å². The Kier molecular flexibility index (Phi) is 3.59. The minimum absolute atomic E-state index is 0.592. The number of thiazole rings is 1. The van der Waals surface area contributed by atoms with Crippen molar-refractivity contribution in [2.75, 3.05) is 7.11 Å². The van der Waals surface area contributed by atoms with Crippen LogP contribution in [0.15, 0.2) is 30.3 Å². The largest absolute Gasteiger partial charge is 0.496 e. The van der Waals surface area contributed by atoms with Gasteiger partial charge in [-0.05, 0) is 31.2 Å². The van der Waals surface area contributed by atoms with Gasteiger partial charge >= 0.3 is 0 Å². The Labute approximate surface area is 130 Å². The molecule has 0 amide bonds. The Morgan fingerprint density at radius 2 is 1.95 bits per heavy atom. The SMILES string of the molecule is COc1ccc2sc(C)nc2c1-c1ccc(Cl)cc1Cl. The first-order valence-electron chi connectivity index (χ1n) is 5.99. The van der Waals surface area contributed by atoms with Gasteiger partial charge in [0.25, 0.3) is 0 Å². The van der Waals surface area contributed by atoms with Gasteiger partial charge in [-0.2, -0.15) is 0 Å². The molecule has 0 spiro atoms. The monoisotopic (exact) mass is 323 g/mol. The van der Waals surface area contributed by atoms with Crippen LogP contribution in [0, 0.1) is 6.92 Å². The van der Waals surface area contributed by atoms with Gasteiger partial charge in [0, 0.05) is 10.6 Å². The molecule has 0 fully saturated rings. The molecule has 0 aliphatic carbocycles. The van der Waals surface area contributed by atoms with E-state index in [1.54, 1.807) is 24.5 Å². The third-order valence-corrected chi connectivity index (χ3v) is 4.53. The summed E-state index contributed by atoms with van der Waals surface area (Å²) in [6.45, 7) is 1.99. The van der Waals surface area contributed by atoms with Crippen molar-refractivity contribution in [2.24, 2.45) is 0 Å². The minimum atomic E-state index is 0.592. The van der Waals surface area contributed by atoms with E-state index < -0.39 is 0 Å². The quantitative estimate of drug-likeness (QED) is 0.613. The Morgan fingerprint density at radius 3 is 2.65 bits per heavy atom. The van der Waals surface area contributed by atoms with Crippen LogP contribution in [0.2, 0.25) is 10.0 Å². The van der Waals surface area contributed by atoms with Gasteiger partial charge in [0.05, 0.1) is 32.9 Å². The first-order chi connectivity index (χ1) is 9.60. The first kappa shape index (κ1) is 13.7. The van der Waals surface area contributed by atoms with Gasteiger partial charge in [-0.25, -0.2) is 4.98 Å². The fourth-order valence-electron chi connectivity index (χ4n) is 2.21. The van der Waals surface area contributed by atoms with E-state index in [2.05, 4.69) is 4.98 Å². The van der Waals surface area contributed by atoms with Gasteiger partial charge in [-0.15, -0.1) is 11.3 Å². The molecule has 2 nitrogen and oxygen atoms in total. The van der Waals surface area contributed by atoms with Gasteiger partial charge in [-0.3, -0.25) is 0 Å². The number of aromatic nitrogens is 1. The number of halogens is 2. The van der Waals surface area contributed by atoms with Crippen molar-refractivity contribution in [3.63, 3.8) is 0 Å². The predicted molar refractivity (Wildman–Crippen MR) is 86.4 cm³/mol. The first-order valence-corrected chi connectivity index (χ1v) is 7.57. The summed E-state index contributed by atoms with van der Waals surface area (Å²) >= 11 is 14.0. The Bertz CT molecular complexity index is 798. The Morgan fingerprint density at radius 1 is 1.15 bits per heavy atom. The maximum Gasteiger partial charge on any atom is 0.129 e. The molecule has 0 bridgehead atoms. The lowest BCUT2D eigenvalue weighted by Crippen LogP contribution is -1.90. The maximum absolute atomic E-state index is 6.34. The van der Waals surface area contributed by atoms with Crippen LogP contribution in [0.1, 0.15) is 5.01 Å². The zero-order valence-electron chi connectivity index (χ0n) is 10.9. The molecule has 0 aliphatic rings. The number of ether oxygens (including phenoxy) is 1. The van der Waals surface area contributed by atoms with Crippen LogP contribution in [0.3, 0.4) is 0 Å². The minimum Gasteiger partial charge on any atom is -0.496 e. The summed E-state index contributed by atoms with van der Waals surface area (Å²) in [5.41, 5.74) is 2.70. The summed E-state index contributed by atoms with van der Waals surface area (Å²) in [4.78, 5) is 4.61. The molecule has 0 saturated heterocycles. The van der Waals surface area contributed by atoms with Gasteiger partial charge in [0.2, 0.25) is 0 Å². The highest BCUT2D eigenvalue weighted by Crippen LogP contribution is 2.42. The van der Waals surface area contributed by atoms with Gasteiger partial charge in [-0.1, -0.05) is 29.3 Å². The van der Waals surface area contributed by atoms with E-state index in [0.29, 0.717) is 10.0 Å². The maximum atomic E-state index is 6.34. The van der Waals surface area contributed by atoms with Crippen molar-refractivity contribution in [1.29, 1.82) is 0 Å². The number of aryl methyl sites for hydroxylation is 1. The molecule has 0 aliphatic heterocycles. The molecular formula is C15H11Cl2NOS. The third kappa shape index (κ3) is 2.26. The number of rotatable bonds is 2. The van der Waals surface area contributed by atoms with Gasteiger partial charge in [0.15, 0.2) is 0 Å². The number of benzene rings is 2. The van der Waals surface area contributed by atoms with Crippen molar-refractivity contribution in [3.05, 3.63) is 45.4 Å². The fraction of sp³-hybridized carbons (Fsp3) is 0.133. The van der Waals surface area contributed by atoms with Crippen LogP contribution in [0.25, 0.3) is 21.3 Å². The summed E-state index contributed by atoms with van der Waals surface area (Å²) in [5.74, 6) is 0.757. The second-order valence-electron chi connectivity index (χ2n) is 4.35. The number of fused-ring (bicyclic) bond motifs is 1. The molecular weight excluding hydrogens is 313 g/mol. The Hall–Kier alpha value is -1.29. The normalized spacial score (nSPS) is 11.0. The van der Waals surface area contributed by atoms with Crippen LogP contribution in [-0.2, 0) is 0 Å². The molecule has 0 radical (unpaired) electrons. The van der Waals surface area contributed by atoms with Crippen molar-refractivity contribution < 1.29 is 4.74 Å². The number of methoxy groups -OCH3 is 1. The highest BCUT2D eigenvalue weighted by molar-refractivity contribution is 7.18. The highest BCUT2D eigenvalue weighted by atomic mass is 35.5. The van der Waals surface area contributed by atoms with Crippen LogP contribution in [-0.4, -0.2) is 12.1 Å². The fourth-order valence-corrected chi connectivity index (χ4v) is 3.55. The molecule has 1 aromatic heterocycles. The third-order valence-electron chi connectivity index (χ3n) is 3.05. The zero-order valence-corrected chi connectivity index (χ0v) is 13.2. The van der Waals surface area contributed by atoms with E-state index in [0.717, 1.165) is 32.1 Å². The van der Waals surface area contributed by atoms with E-state index in [9.17, 15) is 0 Å². The van der Waals surface area contributed by atoms with Crippen molar-refractivity contribution >= 4 is 44.8 Å². The van der Waals surface area contributed by atoms with Crippen LogP contribution in [0.5, 0.6) is 5.75 Å². The van der Waals surface area contributed by atoms with E-state index in [1.165, 1.54) is 0 Å². The lowest BCUT2D eigenvalue weighted by Gasteiger charge is -2.11. The van der Waals surface area contributed by atoms with Crippen molar-refractivity contribution in [2.45, 2.75) is 6.92 Å². The molecule has 3 rings (SSSR count). The molecule has 1 heterocycles. The molecule has 0 saturated carbocycles. The average Bonchev–Trinajstić information content (AvgIpc) is 2.78. The molecule has 102 valence electrons.